The predicted molar refractivity (Wildman–Crippen MR) is 80.4 cm³/mol. The first kappa shape index (κ1) is 15.3. The lowest BCUT2D eigenvalue weighted by molar-refractivity contribution is 0.133. The van der Waals surface area contributed by atoms with Gasteiger partial charge in [-0.25, -0.2) is 0 Å². The molecule has 0 bridgehead atoms. The van der Waals surface area contributed by atoms with E-state index in [0.29, 0.717) is 12.0 Å². The highest BCUT2D eigenvalue weighted by Gasteiger charge is 2.31. The molecule has 0 radical (unpaired) electrons. The lowest BCUT2D eigenvalue weighted by atomic mass is 9.86. The van der Waals surface area contributed by atoms with Crippen LogP contribution in [-0.2, 0) is 4.74 Å². The van der Waals surface area contributed by atoms with Crippen molar-refractivity contribution >= 4 is 0 Å². The monoisotopic (exact) mass is 268 g/mol. The maximum Gasteiger partial charge on any atom is 0.0623 e. The van der Waals surface area contributed by atoms with Crippen LogP contribution in [0.25, 0.3) is 0 Å². The fourth-order valence-corrected chi connectivity index (χ4v) is 3.54. The molecule has 0 amide bonds. The van der Waals surface area contributed by atoms with Crippen LogP contribution in [0.2, 0.25) is 0 Å². The minimum Gasteiger partial charge on any atom is -0.379 e. The summed E-state index contributed by atoms with van der Waals surface area (Å²) in [5, 5.41) is 3.65. The third-order valence-corrected chi connectivity index (χ3v) is 4.99. The Morgan fingerprint density at radius 2 is 1.89 bits per heavy atom. The third kappa shape index (κ3) is 4.44. The second-order valence-electron chi connectivity index (χ2n) is 6.71. The van der Waals surface area contributed by atoms with Crippen LogP contribution in [0, 0.1) is 11.8 Å². The average Bonchev–Trinajstić information content (AvgIpc) is 2.84. The topological polar surface area (TPSA) is 24.5 Å². The maximum atomic E-state index is 5.68. The van der Waals surface area contributed by atoms with Gasteiger partial charge in [-0.05, 0) is 51.6 Å². The Kier molecular flexibility index (Phi) is 6.11. The molecular formula is C16H32N2O. The van der Waals surface area contributed by atoms with Gasteiger partial charge in [0.2, 0.25) is 0 Å². The van der Waals surface area contributed by atoms with Gasteiger partial charge in [0, 0.05) is 24.5 Å². The first-order valence-corrected chi connectivity index (χ1v) is 8.22. The second kappa shape index (κ2) is 7.61. The van der Waals surface area contributed by atoms with Gasteiger partial charge in [-0.3, -0.25) is 0 Å². The zero-order chi connectivity index (χ0) is 13.7. The first-order valence-electron chi connectivity index (χ1n) is 8.22. The third-order valence-electron chi connectivity index (χ3n) is 4.99. The highest BCUT2D eigenvalue weighted by atomic mass is 16.5. The fourth-order valence-electron chi connectivity index (χ4n) is 3.54. The molecule has 1 heterocycles. The van der Waals surface area contributed by atoms with E-state index < -0.39 is 0 Å². The summed E-state index contributed by atoms with van der Waals surface area (Å²) in [4.78, 5) is 2.60. The molecular weight excluding hydrogens is 236 g/mol. The smallest absolute Gasteiger partial charge is 0.0623 e. The maximum absolute atomic E-state index is 5.68. The van der Waals surface area contributed by atoms with Crippen molar-refractivity contribution in [3.05, 3.63) is 0 Å². The molecule has 2 fully saturated rings. The summed E-state index contributed by atoms with van der Waals surface area (Å²) < 4.78 is 5.68. The highest BCUT2D eigenvalue weighted by molar-refractivity contribution is 4.85. The van der Waals surface area contributed by atoms with Crippen molar-refractivity contribution in [1.82, 2.24) is 10.2 Å². The molecule has 2 atom stereocenters. The number of rotatable bonds is 6. The highest BCUT2D eigenvalue weighted by Crippen LogP contribution is 2.27. The first-order chi connectivity index (χ1) is 9.20. The summed E-state index contributed by atoms with van der Waals surface area (Å²) in [5.74, 6) is 1.62. The largest absolute Gasteiger partial charge is 0.379 e. The average molecular weight is 268 g/mol. The van der Waals surface area contributed by atoms with Crippen LogP contribution < -0.4 is 5.32 Å². The number of nitrogens with one attached hydrogen (secondary N) is 1. The van der Waals surface area contributed by atoms with Gasteiger partial charge in [-0.15, -0.1) is 0 Å². The van der Waals surface area contributed by atoms with Crippen molar-refractivity contribution in [3.63, 3.8) is 0 Å². The van der Waals surface area contributed by atoms with Crippen LogP contribution in [0.5, 0.6) is 0 Å². The molecule has 0 spiro atoms. The van der Waals surface area contributed by atoms with E-state index in [1.807, 2.05) is 0 Å². The zero-order valence-corrected chi connectivity index (χ0v) is 13.0. The van der Waals surface area contributed by atoms with E-state index in [0.717, 1.165) is 31.7 Å². The van der Waals surface area contributed by atoms with Gasteiger partial charge in [-0.1, -0.05) is 13.8 Å². The van der Waals surface area contributed by atoms with Crippen molar-refractivity contribution in [2.24, 2.45) is 11.8 Å². The zero-order valence-electron chi connectivity index (χ0n) is 13.0. The van der Waals surface area contributed by atoms with E-state index in [9.17, 15) is 0 Å². The van der Waals surface area contributed by atoms with Crippen molar-refractivity contribution in [2.45, 2.75) is 58.0 Å². The molecule has 1 aliphatic heterocycles. The van der Waals surface area contributed by atoms with Crippen molar-refractivity contribution in [1.29, 1.82) is 0 Å². The molecule has 0 aromatic heterocycles. The Hall–Kier alpha value is -0.120. The van der Waals surface area contributed by atoms with Gasteiger partial charge >= 0.3 is 0 Å². The predicted octanol–water partition coefficient (Wildman–Crippen LogP) is 2.51. The molecule has 2 rings (SSSR count). The Morgan fingerprint density at radius 3 is 2.58 bits per heavy atom. The van der Waals surface area contributed by atoms with Crippen LogP contribution in [0.3, 0.4) is 0 Å². The standard InChI is InChI=1S/C16H32N2O/c1-4-9-17-16-12-19-11-14(16)10-18(3)15-7-5-13(2)6-8-15/h13-17H,4-12H2,1-3H3. The second-order valence-corrected chi connectivity index (χ2v) is 6.71. The summed E-state index contributed by atoms with van der Waals surface area (Å²) in [5.41, 5.74) is 0. The summed E-state index contributed by atoms with van der Waals surface area (Å²) >= 11 is 0. The van der Waals surface area contributed by atoms with E-state index in [2.05, 4.69) is 31.1 Å². The van der Waals surface area contributed by atoms with Crippen molar-refractivity contribution < 1.29 is 4.74 Å². The van der Waals surface area contributed by atoms with Crippen LogP contribution in [0.4, 0.5) is 0 Å². The lowest BCUT2D eigenvalue weighted by Gasteiger charge is -2.35. The van der Waals surface area contributed by atoms with Crippen LogP contribution in [0.1, 0.15) is 46.0 Å². The molecule has 2 aliphatic rings. The van der Waals surface area contributed by atoms with E-state index in [1.54, 1.807) is 0 Å². The molecule has 1 saturated heterocycles. The quantitative estimate of drug-likeness (QED) is 0.801. The van der Waals surface area contributed by atoms with Crippen molar-refractivity contribution in [3.8, 4) is 0 Å². The molecule has 1 aliphatic carbocycles. The Labute approximate surface area is 119 Å². The molecule has 0 aromatic rings. The van der Waals surface area contributed by atoms with Gasteiger partial charge in [0.25, 0.3) is 0 Å². The molecule has 3 nitrogen and oxygen atoms in total. The van der Waals surface area contributed by atoms with E-state index in [1.165, 1.54) is 38.6 Å². The minimum atomic E-state index is 0.574. The van der Waals surface area contributed by atoms with Crippen molar-refractivity contribution in [2.75, 3.05) is 33.4 Å². The van der Waals surface area contributed by atoms with E-state index >= 15 is 0 Å². The van der Waals surface area contributed by atoms with E-state index in [-0.39, 0.29) is 0 Å². The van der Waals surface area contributed by atoms with Gasteiger partial charge in [0.15, 0.2) is 0 Å². The van der Waals surface area contributed by atoms with E-state index in [4.69, 9.17) is 4.74 Å². The SMILES string of the molecule is CCCNC1COCC1CN(C)C1CCC(C)CC1. The summed E-state index contributed by atoms with van der Waals surface area (Å²) in [6, 6.07) is 1.38. The Morgan fingerprint density at radius 1 is 1.16 bits per heavy atom. The number of ether oxygens (including phenoxy) is 1. The van der Waals surface area contributed by atoms with Crippen LogP contribution in [-0.4, -0.2) is 50.3 Å². The van der Waals surface area contributed by atoms with Gasteiger partial charge in [0.1, 0.15) is 0 Å². The number of nitrogens with zero attached hydrogens (tertiary/aromatic N) is 1. The fraction of sp³-hybridized carbons (Fsp3) is 1.00. The van der Waals surface area contributed by atoms with Crippen LogP contribution >= 0.6 is 0 Å². The number of hydrogen-bond acceptors (Lipinski definition) is 3. The van der Waals surface area contributed by atoms with Gasteiger partial charge in [-0.2, -0.15) is 0 Å². The van der Waals surface area contributed by atoms with Gasteiger partial charge in [0.05, 0.1) is 13.2 Å². The molecule has 1 N–H and O–H groups in total. The van der Waals surface area contributed by atoms with Gasteiger partial charge < -0.3 is 15.0 Å². The summed E-state index contributed by atoms with van der Waals surface area (Å²) in [6.07, 6.45) is 6.80. The normalized spacial score (nSPS) is 36.0. The summed E-state index contributed by atoms with van der Waals surface area (Å²) in [7, 11) is 2.32. The molecule has 112 valence electrons. The Bertz CT molecular complexity index is 251. The molecule has 2 unspecified atom stereocenters. The Balaban J connectivity index is 1.75. The molecule has 3 heteroatoms. The molecule has 0 aromatic carbocycles. The molecule has 19 heavy (non-hydrogen) atoms. The molecule has 1 saturated carbocycles. The lowest BCUT2D eigenvalue weighted by Crippen LogP contribution is -2.44. The van der Waals surface area contributed by atoms with Crippen LogP contribution in [0.15, 0.2) is 0 Å². The summed E-state index contributed by atoms with van der Waals surface area (Å²) in [6.45, 7) is 8.78. The minimum absolute atomic E-state index is 0.574. The number of hydrogen-bond donors (Lipinski definition) is 1.